The molecule has 0 aliphatic rings. The molecule has 0 aliphatic heterocycles. The summed E-state index contributed by atoms with van der Waals surface area (Å²) in [4.78, 5) is 20.4. The first-order valence-electron chi connectivity index (χ1n) is 3.27. The Hall–Kier alpha value is -1.58. The van der Waals surface area contributed by atoms with Crippen molar-refractivity contribution in [1.82, 2.24) is 0 Å². The predicted octanol–water partition coefficient (Wildman–Crippen LogP) is 1.05. The molecule has 66 valence electrons. The summed E-state index contributed by atoms with van der Waals surface area (Å²) in [5, 5.41) is 16.7. The van der Waals surface area contributed by atoms with Gasteiger partial charge in [0.25, 0.3) is 0 Å². The van der Waals surface area contributed by atoms with E-state index in [9.17, 15) is 9.59 Å². The van der Waals surface area contributed by atoms with Crippen molar-refractivity contribution in [1.29, 1.82) is 0 Å². The van der Waals surface area contributed by atoms with Crippen LogP contribution in [0.25, 0.3) is 0 Å². The molecule has 0 bridgehead atoms. The molecule has 0 radical (unpaired) electrons. The average molecular weight is 170 g/mol. The summed E-state index contributed by atoms with van der Waals surface area (Å²) in [6, 6.07) is 0. The third kappa shape index (κ3) is 3.55. The van der Waals surface area contributed by atoms with Gasteiger partial charge in [0.2, 0.25) is 0 Å². The number of carboxylic acid groups (broad SMARTS) is 2. The van der Waals surface area contributed by atoms with E-state index in [1.54, 1.807) is 6.92 Å². The largest absolute Gasteiger partial charge is 0.478 e. The minimum Gasteiger partial charge on any atom is -0.478 e. The summed E-state index contributed by atoms with van der Waals surface area (Å²) in [6.45, 7) is 2.97. The Morgan fingerprint density at radius 1 is 1.08 bits per heavy atom. The summed E-state index contributed by atoms with van der Waals surface area (Å²) in [7, 11) is 0. The molecule has 0 fully saturated rings. The molecule has 0 aromatic carbocycles. The van der Waals surface area contributed by atoms with Crippen LogP contribution in [0.5, 0.6) is 0 Å². The number of hydrogen-bond acceptors (Lipinski definition) is 2. The molecule has 0 atom stereocenters. The van der Waals surface area contributed by atoms with E-state index in [1.807, 2.05) is 0 Å². The molecule has 2 N–H and O–H groups in total. The van der Waals surface area contributed by atoms with Crippen LogP contribution in [0, 0.1) is 0 Å². The number of hydrogen-bond donors (Lipinski definition) is 2. The van der Waals surface area contributed by atoms with E-state index < -0.39 is 11.9 Å². The second kappa shape index (κ2) is 4.33. The van der Waals surface area contributed by atoms with Gasteiger partial charge in [-0.3, -0.25) is 0 Å². The zero-order valence-electron chi connectivity index (χ0n) is 6.87. The molecule has 0 aliphatic carbocycles. The molecule has 4 nitrogen and oxygen atoms in total. The molecule has 0 rings (SSSR count). The van der Waals surface area contributed by atoms with Crippen LogP contribution in [0.2, 0.25) is 0 Å². The van der Waals surface area contributed by atoms with E-state index in [-0.39, 0.29) is 5.57 Å². The highest BCUT2D eigenvalue weighted by Crippen LogP contribution is 2.04. The Labute approximate surface area is 69.8 Å². The third-order valence-electron chi connectivity index (χ3n) is 1.39. The molecule has 12 heavy (non-hydrogen) atoms. The summed E-state index contributed by atoms with van der Waals surface area (Å²) in [5.74, 6) is -2.13. The SMILES string of the molecule is CC(C=CC(=O)O)=C(C)C(=O)O. The molecule has 0 unspecified atom stereocenters. The fraction of sp³-hybridized carbons (Fsp3) is 0.250. The zero-order chi connectivity index (χ0) is 9.72. The minimum atomic E-state index is -1.09. The first-order valence-corrected chi connectivity index (χ1v) is 3.27. The summed E-state index contributed by atoms with van der Waals surface area (Å²) in [5.41, 5.74) is 0.581. The van der Waals surface area contributed by atoms with Crippen LogP contribution in [0.4, 0.5) is 0 Å². The molecule has 0 saturated heterocycles. The Kier molecular flexibility index (Phi) is 3.76. The van der Waals surface area contributed by atoms with Gasteiger partial charge in [-0.2, -0.15) is 0 Å². The highest BCUT2D eigenvalue weighted by Gasteiger charge is 2.02. The molecule has 4 heteroatoms. The lowest BCUT2D eigenvalue weighted by Gasteiger charge is -1.95. The normalized spacial score (nSPS) is 12.8. The Bertz CT molecular complexity index is 260. The van der Waals surface area contributed by atoms with Crippen LogP contribution in [0.15, 0.2) is 23.3 Å². The van der Waals surface area contributed by atoms with Gasteiger partial charge in [-0.1, -0.05) is 6.08 Å². The van der Waals surface area contributed by atoms with Crippen molar-refractivity contribution in [2.45, 2.75) is 13.8 Å². The maximum atomic E-state index is 10.3. The van der Waals surface area contributed by atoms with E-state index in [4.69, 9.17) is 10.2 Å². The van der Waals surface area contributed by atoms with Gasteiger partial charge in [-0.15, -0.1) is 0 Å². The number of rotatable bonds is 3. The van der Waals surface area contributed by atoms with Gasteiger partial charge in [0.15, 0.2) is 0 Å². The van der Waals surface area contributed by atoms with Crippen molar-refractivity contribution < 1.29 is 19.8 Å². The Morgan fingerprint density at radius 3 is 1.92 bits per heavy atom. The number of aliphatic carboxylic acids is 2. The smallest absolute Gasteiger partial charge is 0.331 e. The maximum Gasteiger partial charge on any atom is 0.331 e. The van der Waals surface area contributed by atoms with Gasteiger partial charge in [-0.25, -0.2) is 9.59 Å². The standard InChI is InChI=1S/C8H10O4/c1-5(3-4-7(9)10)6(2)8(11)12/h3-4H,1-2H3,(H,9,10)(H,11,12). The van der Waals surface area contributed by atoms with Gasteiger partial charge >= 0.3 is 11.9 Å². The van der Waals surface area contributed by atoms with Crippen LogP contribution >= 0.6 is 0 Å². The monoisotopic (exact) mass is 170 g/mol. The molecule has 0 aromatic heterocycles. The quantitative estimate of drug-likeness (QED) is 0.490. The van der Waals surface area contributed by atoms with Crippen LogP contribution in [-0.2, 0) is 9.59 Å². The van der Waals surface area contributed by atoms with Crippen molar-refractivity contribution in [3.05, 3.63) is 23.3 Å². The van der Waals surface area contributed by atoms with Gasteiger partial charge in [0.05, 0.1) is 0 Å². The van der Waals surface area contributed by atoms with Gasteiger partial charge in [-0.05, 0) is 19.4 Å². The lowest BCUT2D eigenvalue weighted by atomic mass is 10.1. The number of allylic oxidation sites excluding steroid dienone is 2. The summed E-state index contributed by atoms with van der Waals surface area (Å²) < 4.78 is 0. The molecule has 0 spiro atoms. The number of carboxylic acids is 2. The second-order valence-corrected chi connectivity index (χ2v) is 2.28. The fourth-order valence-corrected chi connectivity index (χ4v) is 0.490. The zero-order valence-corrected chi connectivity index (χ0v) is 6.87. The van der Waals surface area contributed by atoms with E-state index in [2.05, 4.69) is 0 Å². The van der Waals surface area contributed by atoms with Crippen LogP contribution in [0.1, 0.15) is 13.8 Å². The first kappa shape index (κ1) is 10.4. The van der Waals surface area contributed by atoms with Crippen molar-refractivity contribution >= 4 is 11.9 Å². The Balaban J connectivity index is 4.58. The maximum absolute atomic E-state index is 10.3. The van der Waals surface area contributed by atoms with E-state index in [0.717, 1.165) is 6.08 Å². The lowest BCUT2D eigenvalue weighted by molar-refractivity contribution is -0.133. The van der Waals surface area contributed by atoms with Gasteiger partial charge in [0, 0.05) is 11.6 Å². The van der Waals surface area contributed by atoms with Crippen molar-refractivity contribution in [3.8, 4) is 0 Å². The summed E-state index contributed by atoms with van der Waals surface area (Å²) >= 11 is 0. The molecular weight excluding hydrogens is 160 g/mol. The van der Waals surface area contributed by atoms with E-state index >= 15 is 0 Å². The molecule has 0 amide bonds. The minimum absolute atomic E-state index is 0.146. The van der Waals surface area contributed by atoms with E-state index in [0.29, 0.717) is 5.57 Å². The molecule has 0 aromatic rings. The number of carbonyl (C=O) groups is 2. The average Bonchev–Trinajstić information content (AvgIpc) is 1.98. The second-order valence-electron chi connectivity index (χ2n) is 2.28. The topological polar surface area (TPSA) is 74.6 Å². The highest BCUT2D eigenvalue weighted by atomic mass is 16.4. The lowest BCUT2D eigenvalue weighted by Crippen LogP contribution is -1.98. The third-order valence-corrected chi connectivity index (χ3v) is 1.39. The van der Waals surface area contributed by atoms with Crippen LogP contribution in [0.3, 0.4) is 0 Å². The fourth-order valence-electron chi connectivity index (χ4n) is 0.490. The van der Waals surface area contributed by atoms with Crippen molar-refractivity contribution in [2.75, 3.05) is 0 Å². The van der Waals surface area contributed by atoms with Crippen LogP contribution in [-0.4, -0.2) is 22.2 Å². The molecular formula is C8H10O4. The predicted molar refractivity (Wildman–Crippen MR) is 42.8 cm³/mol. The van der Waals surface area contributed by atoms with Gasteiger partial charge < -0.3 is 10.2 Å². The first-order chi connectivity index (χ1) is 5.45. The van der Waals surface area contributed by atoms with Crippen molar-refractivity contribution in [2.24, 2.45) is 0 Å². The van der Waals surface area contributed by atoms with E-state index in [1.165, 1.54) is 13.0 Å². The van der Waals surface area contributed by atoms with Crippen molar-refractivity contribution in [3.63, 3.8) is 0 Å². The Morgan fingerprint density at radius 2 is 1.58 bits per heavy atom. The highest BCUT2D eigenvalue weighted by molar-refractivity contribution is 5.88. The molecule has 0 saturated carbocycles. The molecule has 0 heterocycles. The van der Waals surface area contributed by atoms with Crippen LogP contribution < -0.4 is 0 Å². The summed E-state index contributed by atoms with van der Waals surface area (Å²) in [6.07, 6.45) is 2.16. The van der Waals surface area contributed by atoms with Gasteiger partial charge in [0.1, 0.15) is 0 Å².